The van der Waals surface area contributed by atoms with Gasteiger partial charge in [0, 0.05) is 25.7 Å². The van der Waals surface area contributed by atoms with Gasteiger partial charge in [-0.2, -0.15) is 0 Å². The summed E-state index contributed by atoms with van der Waals surface area (Å²) in [4.78, 5) is 4.66. The Morgan fingerprint density at radius 2 is 1.69 bits per heavy atom. The van der Waals surface area contributed by atoms with E-state index in [0.29, 0.717) is 11.5 Å². The fourth-order valence-corrected chi connectivity index (χ4v) is 1.86. The van der Waals surface area contributed by atoms with Crippen LogP contribution in [0.25, 0.3) is 0 Å². The van der Waals surface area contributed by atoms with E-state index in [0.717, 1.165) is 26.2 Å². The number of hydrogen-bond acceptors (Lipinski definition) is 3. The Morgan fingerprint density at radius 3 is 2.12 bits per heavy atom. The average molecular weight is 229 g/mol. The topological polar surface area (TPSA) is 18.5 Å². The molecule has 0 saturated heterocycles. The number of nitrogens with zero attached hydrogens (tertiary/aromatic N) is 2. The van der Waals surface area contributed by atoms with Gasteiger partial charge in [0.25, 0.3) is 0 Å². The predicted molar refractivity (Wildman–Crippen MR) is 73.0 cm³/mol. The molecular weight excluding hydrogens is 198 g/mol. The Balaban J connectivity index is 4.03. The maximum atomic E-state index is 3.52. The van der Waals surface area contributed by atoms with Crippen molar-refractivity contribution < 1.29 is 0 Å². The van der Waals surface area contributed by atoms with E-state index in [2.05, 4.69) is 64.0 Å². The molecule has 0 spiro atoms. The maximum Gasteiger partial charge on any atom is 0.0106 e. The molecule has 3 nitrogen and oxygen atoms in total. The SMILES string of the molecule is CCNC(C)C(C)(C)CN(C)CCN(C)C. The summed E-state index contributed by atoms with van der Waals surface area (Å²) >= 11 is 0. The van der Waals surface area contributed by atoms with E-state index >= 15 is 0 Å². The summed E-state index contributed by atoms with van der Waals surface area (Å²) in [5.41, 5.74) is 0.317. The van der Waals surface area contributed by atoms with Gasteiger partial charge in [0.15, 0.2) is 0 Å². The van der Waals surface area contributed by atoms with Gasteiger partial charge in [-0.15, -0.1) is 0 Å². The van der Waals surface area contributed by atoms with Crippen LogP contribution in [0.4, 0.5) is 0 Å². The Morgan fingerprint density at radius 1 is 1.12 bits per heavy atom. The molecule has 1 atom stereocenters. The largest absolute Gasteiger partial charge is 0.314 e. The molecule has 0 aliphatic rings. The molecule has 0 heterocycles. The quantitative estimate of drug-likeness (QED) is 0.680. The van der Waals surface area contributed by atoms with Crippen molar-refractivity contribution in [3.05, 3.63) is 0 Å². The summed E-state index contributed by atoms with van der Waals surface area (Å²) in [5, 5.41) is 3.52. The average Bonchev–Trinajstić information content (AvgIpc) is 2.14. The molecule has 0 bridgehead atoms. The Bertz CT molecular complexity index is 178. The molecule has 0 aromatic rings. The van der Waals surface area contributed by atoms with Crippen molar-refractivity contribution >= 4 is 0 Å². The first-order valence-electron chi connectivity index (χ1n) is 6.36. The van der Waals surface area contributed by atoms with Crippen molar-refractivity contribution in [3.63, 3.8) is 0 Å². The molecule has 0 aromatic heterocycles. The van der Waals surface area contributed by atoms with Crippen LogP contribution in [0, 0.1) is 5.41 Å². The van der Waals surface area contributed by atoms with E-state index in [4.69, 9.17) is 0 Å². The normalized spacial score (nSPS) is 14.8. The molecule has 1 N–H and O–H groups in total. The fraction of sp³-hybridized carbons (Fsp3) is 1.00. The van der Waals surface area contributed by atoms with Gasteiger partial charge < -0.3 is 15.1 Å². The molecule has 0 saturated carbocycles. The van der Waals surface area contributed by atoms with Crippen LogP contribution >= 0.6 is 0 Å². The van der Waals surface area contributed by atoms with Gasteiger partial charge >= 0.3 is 0 Å². The second kappa shape index (κ2) is 7.25. The van der Waals surface area contributed by atoms with Crippen molar-refractivity contribution in [1.29, 1.82) is 0 Å². The number of rotatable bonds is 8. The van der Waals surface area contributed by atoms with Crippen LogP contribution in [0.15, 0.2) is 0 Å². The first-order chi connectivity index (χ1) is 7.29. The lowest BCUT2D eigenvalue weighted by atomic mass is 9.85. The van der Waals surface area contributed by atoms with Gasteiger partial charge in [-0.1, -0.05) is 20.8 Å². The molecule has 1 unspecified atom stereocenters. The monoisotopic (exact) mass is 229 g/mol. The second-order valence-electron chi connectivity index (χ2n) is 5.81. The molecule has 0 fully saturated rings. The summed E-state index contributed by atoms with van der Waals surface area (Å²) in [5.74, 6) is 0. The van der Waals surface area contributed by atoms with Crippen molar-refractivity contribution in [2.45, 2.75) is 33.7 Å². The molecule has 98 valence electrons. The second-order valence-corrected chi connectivity index (χ2v) is 5.81. The van der Waals surface area contributed by atoms with Crippen LogP contribution in [0.2, 0.25) is 0 Å². The lowest BCUT2D eigenvalue weighted by molar-refractivity contribution is 0.157. The Labute approximate surface area is 102 Å². The molecule has 0 rings (SSSR count). The van der Waals surface area contributed by atoms with Gasteiger partial charge in [0.1, 0.15) is 0 Å². The fourth-order valence-electron chi connectivity index (χ4n) is 1.86. The van der Waals surface area contributed by atoms with E-state index < -0.39 is 0 Å². The third-order valence-corrected chi connectivity index (χ3v) is 3.29. The summed E-state index contributed by atoms with van der Waals surface area (Å²) in [7, 11) is 6.46. The summed E-state index contributed by atoms with van der Waals surface area (Å²) in [6.45, 7) is 13.6. The van der Waals surface area contributed by atoms with E-state index in [1.165, 1.54) is 0 Å². The lowest BCUT2D eigenvalue weighted by Crippen LogP contribution is -2.46. The highest BCUT2D eigenvalue weighted by Gasteiger charge is 2.26. The zero-order valence-corrected chi connectivity index (χ0v) is 12.3. The molecule has 0 aliphatic heterocycles. The van der Waals surface area contributed by atoms with E-state index in [-0.39, 0.29) is 0 Å². The van der Waals surface area contributed by atoms with Crippen molar-refractivity contribution in [3.8, 4) is 0 Å². The van der Waals surface area contributed by atoms with Gasteiger partial charge in [-0.25, -0.2) is 0 Å². The maximum absolute atomic E-state index is 3.52. The molecule has 16 heavy (non-hydrogen) atoms. The Hall–Kier alpha value is -0.120. The predicted octanol–water partition coefficient (Wildman–Crippen LogP) is 1.50. The molecular formula is C13H31N3. The zero-order valence-electron chi connectivity index (χ0n) is 12.3. The number of likely N-dealkylation sites (N-methyl/N-ethyl adjacent to an activating group) is 2. The molecule has 3 heteroatoms. The zero-order chi connectivity index (χ0) is 12.8. The standard InChI is InChI=1S/C13H31N3/c1-8-14-12(2)13(3,4)11-16(7)10-9-15(5)6/h12,14H,8-11H2,1-7H3. The molecule has 0 aromatic carbocycles. The smallest absolute Gasteiger partial charge is 0.0106 e. The number of hydrogen-bond donors (Lipinski definition) is 1. The highest BCUT2D eigenvalue weighted by molar-refractivity contribution is 4.83. The van der Waals surface area contributed by atoms with Crippen LogP contribution in [-0.4, -0.2) is 63.2 Å². The van der Waals surface area contributed by atoms with Crippen LogP contribution in [0.3, 0.4) is 0 Å². The minimum atomic E-state index is 0.317. The van der Waals surface area contributed by atoms with Gasteiger partial charge in [0.05, 0.1) is 0 Å². The first kappa shape index (κ1) is 15.9. The molecule has 0 amide bonds. The molecule has 0 aliphatic carbocycles. The van der Waals surface area contributed by atoms with Crippen molar-refractivity contribution in [2.24, 2.45) is 5.41 Å². The minimum absolute atomic E-state index is 0.317. The third kappa shape index (κ3) is 6.46. The van der Waals surface area contributed by atoms with E-state index in [9.17, 15) is 0 Å². The summed E-state index contributed by atoms with van der Waals surface area (Å²) in [6.07, 6.45) is 0. The van der Waals surface area contributed by atoms with Crippen LogP contribution in [-0.2, 0) is 0 Å². The van der Waals surface area contributed by atoms with Crippen LogP contribution in [0.5, 0.6) is 0 Å². The summed E-state index contributed by atoms with van der Waals surface area (Å²) < 4.78 is 0. The van der Waals surface area contributed by atoms with E-state index in [1.807, 2.05) is 0 Å². The highest BCUT2D eigenvalue weighted by atomic mass is 15.2. The molecule has 0 radical (unpaired) electrons. The van der Waals surface area contributed by atoms with Crippen molar-refractivity contribution in [2.75, 3.05) is 47.3 Å². The third-order valence-electron chi connectivity index (χ3n) is 3.29. The summed E-state index contributed by atoms with van der Waals surface area (Å²) in [6, 6.07) is 0.555. The highest BCUT2D eigenvalue weighted by Crippen LogP contribution is 2.21. The van der Waals surface area contributed by atoms with Crippen LogP contribution in [0.1, 0.15) is 27.7 Å². The Kier molecular flexibility index (Phi) is 7.20. The van der Waals surface area contributed by atoms with Gasteiger partial charge in [0.2, 0.25) is 0 Å². The van der Waals surface area contributed by atoms with Gasteiger partial charge in [-0.3, -0.25) is 0 Å². The number of nitrogens with one attached hydrogen (secondary N) is 1. The minimum Gasteiger partial charge on any atom is -0.314 e. The van der Waals surface area contributed by atoms with Crippen molar-refractivity contribution in [1.82, 2.24) is 15.1 Å². The van der Waals surface area contributed by atoms with E-state index in [1.54, 1.807) is 0 Å². The first-order valence-corrected chi connectivity index (χ1v) is 6.36. The van der Waals surface area contributed by atoms with Crippen LogP contribution < -0.4 is 5.32 Å². The van der Waals surface area contributed by atoms with Gasteiger partial charge in [-0.05, 0) is 40.0 Å². The lowest BCUT2D eigenvalue weighted by Gasteiger charge is -2.36.